The average Bonchev–Trinajstić information content (AvgIpc) is 3.33. The van der Waals surface area contributed by atoms with Gasteiger partial charge in [0.15, 0.2) is 0 Å². The van der Waals surface area contributed by atoms with Gasteiger partial charge < -0.3 is 20.3 Å². The largest absolute Gasteiger partial charge is 0.461 e. The number of nitrogens with one attached hydrogen (secondary N) is 1. The maximum atomic E-state index is 12.8. The van der Waals surface area contributed by atoms with E-state index in [1.807, 2.05) is 0 Å². The number of hydrogen-bond donors (Lipinski definition) is 3. The summed E-state index contributed by atoms with van der Waals surface area (Å²) in [5, 5.41) is 36.1. The summed E-state index contributed by atoms with van der Waals surface area (Å²) in [4.78, 5) is 35.9. The number of nitro groups is 1. The van der Waals surface area contributed by atoms with E-state index in [1.54, 1.807) is 6.92 Å². The highest BCUT2D eigenvalue weighted by atomic mass is 16.6. The number of nitro benzene ring substituents is 1. The van der Waals surface area contributed by atoms with Crippen LogP contribution < -0.4 is 5.32 Å². The third-order valence-electron chi connectivity index (χ3n) is 12.5. The minimum absolute atomic E-state index is 0.134. The second kappa shape index (κ2) is 12.5. The molecule has 238 valence electrons. The minimum atomic E-state index is -0.554. The second-order valence-corrected chi connectivity index (χ2v) is 14.6. The number of hydrogen-bond acceptors (Lipinski definition) is 7. The molecule has 0 aromatic heterocycles. The molecule has 9 nitrogen and oxygen atoms in total. The normalized spacial score (nSPS) is 37.4. The number of carbonyl (C=O) groups is 2. The number of fused-ring (bicyclic) bond motifs is 5. The lowest BCUT2D eigenvalue weighted by Gasteiger charge is -2.62. The van der Waals surface area contributed by atoms with Crippen LogP contribution >= 0.6 is 0 Å². The van der Waals surface area contributed by atoms with Crippen LogP contribution in [0.4, 0.5) is 5.69 Å². The van der Waals surface area contributed by atoms with Crippen LogP contribution in [0.2, 0.25) is 0 Å². The van der Waals surface area contributed by atoms with Gasteiger partial charge in [0.1, 0.15) is 6.61 Å². The summed E-state index contributed by atoms with van der Waals surface area (Å²) in [7, 11) is 0. The molecule has 0 bridgehead atoms. The molecule has 4 fully saturated rings. The zero-order chi connectivity index (χ0) is 31.1. The van der Waals surface area contributed by atoms with Gasteiger partial charge in [0.25, 0.3) is 11.6 Å². The summed E-state index contributed by atoms with van der Waals surface area (Å²) in [5.41, 5.74) is 0.559. The maximum Gasteiger partial charge on any atom is 0.306 e. The van der Waals surface area contributed by atoms with Crippen molar-refractivity contribution in [2.24, 2.45) is 46.3 Å². The Morgan fingerprint density at radius 3 is 2.53 bits per heavy atom. The van der Waals surface area contributed by atoms with E-state index >= 15 is 0 Å². The summed E-state index contributed by atoms with van der Waals surface area (Å²) in [6.45, 7) is 9.08. The van der Waals surface area contributed by atoms with Crippen LogP contribution in [0.15, 0.2) is 18.2 Å². The first-order chi connectivity index (χ1) is 20.4. The molecule has 0 radical (unpaired) electrons. The highest BCUT2D eigenvalue weighted by molar-refractivity contribution is 5.94. The van der Waals surface area contributed by atoms with Crippen LogP contribution in [0.5, 0.6) is 0 Å². The van der Waals surface area contributed by atoms with E-state index in [2.05, 4.69) is 26.1 Å². The topological polar surface area (TPSA) is 139 Å². The molecule has 4 aliphatic rings. The number of aliphatic hydroxyl groups is 2. The van der Waals surface area contributed by atoms with Gasteiger partial charge in [0.2, 0.25) is 0 Å². The zero-order valence-electron chi connectivity index (χ0n) is 26.2. The standard InChI is InChI=1S/C34H50N2O7/c1-5-35-32(40)21-7-8-22(28(16-21)36(41)42)19-43-30(39)11-6-20(2)25-9-10-26-31-27(13-15-34(25,26)4)33(3)14-12-24(37)17-23(33)18-29(31)38/h7-8,16,20,23-27,29,31,37-38H,5-6,9-15,17-19H2,1-4H3,(H,35,40)/t20-,23-,24+,25?,26?,27?,29?,31?,33-,34+/m0/s1. The molecule has 0 spiro atoms. The highest BCUT2D eigenvalue weighted by Crippen LogP contribution is 2.68. The van der Waals surface area contributed by atoms with Gasteiger partial charge in [-0.1, -0.05) is 20.8 Å². The second-order valence-electron chi connectivity index (χ2n) is 14.6. The van der Waals surface area contributed by atoms with Crippen molar-refractivity contribution in [3.05, 3.63) is 39.4 Å². The van der Waals surface area contributed by atoms with Crippen LogP contribution in [-0.4, -0.2) is 45.8 Å². The molecule has 5 rings (SSSR count). The van der Waals surface area contributed by atoms with Crippen molar-refractivity contribution >= 4 is 17.6 Å². The number of amides is 1. The molecule has 4 saturated carbocycles. The lowest BCUT2D eigenvalue weighted by molar-refractivity contribution is -0.385. The molecule has 1 aromatic carbocycles. The monoisotopic (exact) mass is 598 g/mol. The summed E-state index contributed by atoms with van der Waals surface area (Å²) in [5.74, 6) is 1.73. The lowest BCUT2D eigenvalue weighted by Crippen LogP contribution is -2.58. The van der Waals surface area contributed by atoms with Crippen molar-refractivity contribution in [2.45, 2.75) is 111 Å². The Kier molecular flexibility index (Phi) is 9.25. The molecule has 1 amide bonds. The Morgan fingerprint density at radius 1 is 1.09 bits per heavy atom. The van der Waals surface area contributed by atoms with E-state index in [1.165, 1.54) is 18.2 Å². The van der Waals surface area contributed by atoms with Crippen LogP contribution in [0.1, 0.15) is 108 Å². The Balaban J connectivity index is 1.18. The molecule has 0 saturated heterocycles. The summed E-state index contributed by atoms with van der Waals surface area (Å²) < 4.78 is 5.47. The fourth-order valence-electron chi connectivity index (χ4n) is 10.2. The van der Waals surface area contributed by atoms with Gasteiger partial charge >= 0.3 is 5.97 Å². The quantitative estimate of drug-likeness (QED) is 0.186. The first kappa shape index (κ1) is 31.9. The molecule has 43 heavy (non-hydrogen) atoms. The van der Waals surface area contributed by atoms with E-state index < -0.39 is 4.92 Å². The molecule has 1 aromatic rings. The molecule has 9 heteroatoms. The van der Waals surface area contributed by atoms with Gasteiger partial charge in [-0.05, 0) is 123 Å². The van der Waals surface area contributed by atoms with E-state index in [9.17, 15) is 29.9 Å². The molecular formula is C34H50N2O7. The van der Waals surface area contributed by atoms with Crippen LogP contribution in [-0.2, 0) is 16.1 Å². The lowest BCUT2D eigenvalue weighted by atomic mass is 9.43. The van der Waals surface area contributed by atoms with Gasteiger partial charge in [0, 0.05) is 24.6 Å². The zero-order valence-corrected chi connectivity index (χ0v) is 26.2. The molecule has 0 heterocycles. The summed E-state index contributed by atoms with van der Waals surface area (Å²) in [6, 6.07) is 4.21. The number of rotatable bonds is 9. The Hall–Kier alpha value is -2.52. The number of nitrogens with zero attached hydrogens (tertiary/aromatic N) is 1. The van der Waals surface area contributed by atoms with Crippen molar-refractivity contribution in [1.82, 2.24) is 5.32 Å². The summed E-state index contributed by atoms with van der Waals surface area (Å²) >= 11 is 0. The minimum Gasteiger partial charge on any atom is -0.461 e. The number of benzene rings is 1. The van der Waals surface area contributed by atoms with Gasteiger partial charge in [-0.3, -0.25) is 19.7 Å². The van der Waals surface area contributed by atoms with Crippen molar-refractivity contribution in [2.75, 3.05) is 6.54 Å². The molecular weight excluding hydrogens is 548 g/mol. The van der Waals surface area contributed by atoms with E-state index in [-0.39, 0.29) is 64.8 Å². The predicted molar refractivity (Wildman–Crippen MR) is 162 cm³/mol. The van der Waals surface area contributed by atoms with E-state index in [0.29, 0.717) is 48.5 Å². The molecule has 4 aliphatic carbocycles. The predicted octanol–water partition coefficient (Wildman–Crippen LogP) is 5.79. The molecule has 0 aliphatic heterocycles. The van der Waals surface area contributed by atoms with Gasteiger partial charge in [-0.15, -0.1) is 0 Å². The van der Waals surface area contributed by atoms with Crippen LogP contribution in [0.3, 0.4) is 0 Å². The van der Waals surface area contributed by atoms with Crippen molar-refractivity contribution < 1.29 is 29.5 Å². The number of carbonyl (C=O) groups excluding carboxylic acids is 2. The van der Waals surface area contributed by atoms with Crippen molar-refractivity contribution in [3.63, 3.8) is 0 Å². The Labute approximate surface area is 255 Å². The van der Waals surface area contributed by atoms with Gasteiger partial charge in [-0.2, -0.15) is 0 Å². The van der Waals surface area contributed by atoms with E-state index in [4.69, 9.17) is 4.74 Å². The Morgan fingerprint density at radius 2 is 1.81 bits per heavy atom. The van der Waals surface area contributed by atoms with Crippen molar-refractivity contribution in [3.8, 4) is 0 Å². The number of ether oxygens (including phenoxy) is 1. The smallest absolute Gasteiger partial charge is 0.306 e. The number of esters is 1. The molecule has 10 atom stereocenters. The maximum absolute atomic E-state index is 12.8. The third kappa shape index (κ3) is 5.96. The molecule has 5 unspecified atom stereocenters. The fraction of sp³-hybridized carbons (Fsp3) is 0.765. The third-order valence-corrected chi connectivity index (χ3v) is 12.5. The fourth-order valence-corrected chi connectivity index (χ4v) is 10.2. The highest BCUT2D eigenvalue weighted by Gasteiger charge is 2.62. The molecule has 3 N–H and O–H groups in total. The summed E-state index contributed by atoms with van der Waals surface area (Å²) in [6.07, 6.45) is 8.46. The SMILES string of the molecule is CCNC(=O)c1ccc(COC(=O)CC[C@H](C)C2CCC3C4C(O)C[C@@H]5C[C@H](O)CC[C@]5(C)C4CC[C@@]32C)c([N+](=O)[O-])c1. The van der Waals surface area contributed by atoms with Crippen LogP contribution in [0.25, 0.3) is 0 Å². The van der Waals surface area contributed by atoms with Gasteiger partial charge in [0.05, 0.1) is 22.7 Å². The Bertz CT molecular complexity index is 1220. The first-order valence-corrected chi connectivity index (χ1v) is 16.5. The van der Waals surface area contributed by atoms with Crippen molar-refractivity contribution in [1.29, 1.82) is 0 Å². The van der Waals surface area contributed by atoms with Crippen LogP contribution in [0, 0.1) is 56.5 Å². The van der Waals surface area contributed by atoms with E-state index in [0.717, 1.165) is 51.4 Å². The average molecular weight is 599 g/mol. The first-order valence-electron chi connectivity index (χ1n) is 16.5. The number of aliphatic hydroxyl groups excluding tert-OH is 2. The van der Waals surface area contributed by atoms with Gasteiger partial charge in [-0.25, -0.2) is 0 Å².